The Bertz CT molecular complexity index is 265. The number of aliphatic hydroxyl groups is 1. The summed E-state index contributed by atoms with van der Waals surface area (Å²) in [6.45, 7) is 1.05. The Morgan fingerprint density at radius 3 is 2.54 bits per heavy atom. The molecule has 1 fully saturated rings. The van der Waals surface area contributed by atoms with Crippen LogP contribution in [0.15, 0.2) is 30.3 Å². The van der Waals surface area contributed by atoms with Crippen LogP contribution in [0, 0.1) is 0 Å². The van der Waals surface area contributed by atoms with E-state index in [-0.39, 0.29) is 12.2 Å². The molecular formula is C11H14O2. The predicted molar refractivity (Wildman–Crippen MR) is 50.4 cm³/mol. The third kappa shape index (κ3) is 1.74. The molecule has 0 spiro atoms. The number of benzene rings is 1. The van der Waals surface area contributed by atoms with Gasteiger partial charge in [-0.1, -0.05) is 30.3 Å². The predicted octanol–water partition coefficient (Wildman–Crippen LogP) is 1.68. The van der Waals surface area contributed by atoms with Crippen LogP contribution in [0.2, 0.25) is 0 Å². The molecule has 1 aliphatic heterocycles. The normalized spacial score (nSPS) is 25.9. The molecule has 70 valence electrons. The van der Waals surface area contributed by atoms with E-state index < -0.39 is 0 Å². The van der Waals surface area contributed by atoms with Crippen molar-refractivity contribution in [1.29, 1.82) is 0 Å². The first-order valence-electron chi connectivity index (χ1n) is 4.68. The van der Waals surface area contributed by atoms with Gasteiger partial charge in [0.05, 0.1) is 6.61 Å². The molecule has 0 aliphatic carbocycles. The Morgan fingerprint density at radius 1 is 1.31 bits per heavy atom. The van der Waals surface area contributed by atoms with Crippen LogP contribution in [0.1, 0.15) is 18.4 Å². The lowest BCUT2D eigenvalue weighted by atomic mass is 9.95. The summed E-state index contributed by atoms with van der Waals surface area (Å²) in [5, 5.41) is 8.75. The number of ether oxygens (including phenoxy) is 1. The molecule has 0 radical (unpaired) electrons. The molecule has 1 aromatic rings. The highest BCUT2D eigenvalue weighted by molar-refractivity contribution is 5.26. The van der Waals surface area contributed by atoms with E-state index in [2.05, 4.69) is 12.1 Å². The lowest BCUT2D eigenvalue weighted by molar-refractivity contribution is 0.239. The molecule has 1 heterocycles. The van der Waals surface area contributed by atoms with Gasteiger partial charge in [0.1, 0.15) is 5.60 Å². The monoisotopic (exact) mass is 178 g/mol. The van der Waals surface area contributed by atoms with Crippen molar-refractivity contribution in [3.63, 3.8) is 0 Å². The van der Waals surface area contributed by atoms with Gasteiger partial charge in [-0.2, -0.15) is 0 Å². The molecule has 1 aromatic carbocycles. The van der Waals surface area contributed by atoms with Crippen molar-refractivity contribution >= 4 is 0 Å². The van der Waals surface area contributed by atoms with Gasteiger partial charge in [-0.05, 0) is 18.4 Å². The molecule has 0 saturated carbocycles. The van der Waals surface area contributed by atoms with Crippen LogP contribution < -0.4 is 0 Å². The fourth-order valence-electron chi connectivity index (χ4n) is 1.65. The second-order valence-corrected chi connectivity index (χ2v) is 3.48. The maximum atomic E-state index is 8.75. The molecular weight excluding hydrogens is 164 g/mol. The first kappa shape index (κ1) is 8.73. The zero-order valence-corrected chi connectivity index (χ0v) is 7.57. The van der Waals surface area contributed by atoms with Crippen molar-refractivity contribution in [2.24, 2.45) is 0 Å². The van der Waals surface area contributed by atoms with Crippen LogP contribution >= 0.6 is 0 Å². The van der Waals surface area contributed by atoms with Crippen LogP contribution in [-0.4, -0.2) is 18.3 Å². The maximum Gasteiger partial charge on any atom is 0.117 e. The fraction of sp³-hybridized carbons (Fsp3) is 0.455. The SMILES string of the molecule is OCCC[C@@]1(c2ccccc2)CO1. The molecule has 2 nitrogen and oxygen atoms in total. The Labute approximate surface area is 78.2 Å². The average molecular weight is 178 g/mol. The van der Waals surface area contributed by atoms with Crippen LogP contribution in [0.5, 0.6) is 0 Å². The van der Waals surface area contributed by atoms with E-state index in [0.29, 0.717) is 0 Å². The molecule has 1 saturated heterocycles. The third-order valence-electron chi connectivity index (χ3n) is 2.53. The van der Waals surface area contributed by atoms with Crippen molar-refractivity contribution < 1.29 is 9.84 Å². The second kappa shape index (κ2) is 3.48. The number of hydrogen-bond donors (Lipinski definition) is 1. The summed E-state index contributed by atoms with van der Waals surface area (Å²) in [5.74, 6) is 0. The molecule has 0 aromatic heterocycles. The molecule has 1 atom stereocenters. The zero-order valence-electron chi connectivity index (χ0n) is 7.57. The van der Waals surface area contributed by atoms with Crippen molar-refractivity contribution in [1.82, 2.24) is 0 Å². The van der Waals surface area contributed by atoms with E-state index in [9.17, 15) is 0 Å². The minimum absolute atomic E-state index is 0.0655. The van der Waals surface area contributed by atoms with Gasteiger partial charge in [0.15, 0.2) is 0 Å². The first-order valence-corrected chi connectivity index (χ1v) is 4.68. The number of hydrogen-bond acceptors (Lipinski definition) is 2. The van der Waals surface area contributed by atoms with Gasteiger partial charge in [-0.25, -0.2) is 0 Å². The van der Waals surface area contributed by atoms with Crippen LogP contribution in [0.4, 0.5) is 0 Å². The number of rotatable bonds is 4. The van der Waals surface area contributed by atoms with Gasteiger partial charge in [0.25, 0.3) is 0 Å². The van der Waals surface area contributed by atoms with Gasteiger partial charge in [-0.15, -0.1) is 0 Å². The Morgan fingerprint density at radius 2 is 2.00 bits per heavy atom. The quantitative estimate of drug-likeness (QED) is 0.711. The van der Waals surface area contributed by atoms with Gasteiger partial charge >= 0.3 is 0 Å². The van der Waals surface area contributed by atoms with E-state index >= 15 is 0 Å². The summed E-state index contributed by atoms with van der Waals surface area (Å²) < 4.78 is 5.47. The molecule has 0 bridgehead atoms. The number of aliphatic hydroxyl groups excluding tert-OH is 1. The summed E-state index contributed by atoms with van der Waals surface area (Å²) in [4.78, 5) is 0. The lowest BCUT2D eigenvalue weighted by Gasteiger charge is -2.10. The molecule has 2 heteroatoms. The molecule has 1 N–H and O–H groups in total. The smallest absolute Gasteiger partial charge is 0.117 e. The first-order chi connectivity index (χ1) is 6.37. The summed E-state index contributed by atoms with van der Waals surface area (Å²) in [7, 11) is 0. The Hall–Kier alpha value is -0.860. The summed E-state index contributed by atoms with van der Waals surface area (Å²) in [6, 6.07) is 10.2. The Balaban J connectivity index is 2.07. The highest BCUT2D eigenvalue weighted by Gasteiger charge is 2.45. The highest BCUT2D eigenvalue weighted by atomic mass is 16.6. The standard InChI is InChI=1S/C11H14O2/c12-8-4-7-11(9-13-11)10-5-2-1-3-6-10/h1-3,5-6,12H,4,7-9H2/t11-/m0/s1. The van der Waals surface area contributed by atoms with Crippen molar-refractivity contribution in [3.8, 4) is 0 Å². The van der Waals surface area contributed by atoms with Crippen LogP contribution in [0.3, 0.4) is 0 Å². The van der Waals surface area contributed by atoms with Crippen molar-refractivity contribution in [3.05, 3.63) is 35.9 Å². The van der Waals surface area contributed by atoms with Gasteiger partial charge < -0.3 is 9.84 Å². The lowest BCUT2D eigenvalue weighted by Crippen LogP contribution is -2.09. The minimum Gasteiger partial charge on any atom is -0.396 e. The third-order valence-corrected chi connectivity index (χ3v) is 2.53. The topological polar surface area (TPSA) is 32.8 Å². The fourth-order valence-corrected chi connectivity index (χ4v) is 1.65. The Kier molecular flexibility index (Phi) is 2.34. The highest BCUT2D eigenvalue weighted by Crippen LogP contribution is 2.42. The van der Waals surface area contributed by atoms with Gasteiger partial charge in [-0.3, -0.25) is 0 Å². The zero-order chi connectivity index (χ0) is 9.15. The van der Waals surface area contributed by atoms with E-state index in [4.69, 9.17) is 9.84 Å². The van der Waals surface area contributed by atoms with E-state index in [1.54, 1.807) is 0 Å². The van der Waals surface area contributed by atoms with E-state index in [1.165, 1.54) is 5.56 Å². The maximum absolute atomic E-state index is 8.75. The molecule has 0 unspecified atom stereocenters. The molecule has 0 amide bonds. The van der Waals surface area contributed by atoms with Gasteiger partial charge in [0.2, 0.25) is 0 Å². The molecule has 2 rings (SSSR count). The van der Waals surface area contributed by atoms with E-state index in [0.717, 1.165) is 19.4 Å². The minimum atomic E-state index is -0.0655. The second-order valence-electron chi connectivity index (χ2n) is 3.48. The largest absolute Gasteiger partial charge is 0.396 e. The molecule has 13 heavy (non-hydrogen) atoms. The summed E-state index contributed by atoms with van der Waals surface area (Å²) >= 11 is 0. The van der Waals surface area contributed by atoms with E-state index in [1.807, 2.05) is 18.2 Å². The average Bonchev–Trinajstić information content (AvgIpc) is 2.97. The number of epoxide rings is 1. The molecule has 1 aliphatic rings. The summed E-state index contributed by atoms with van der Waals surface area (Å²) in [6.07, 6.45) is 1.74. The van der Waals surface area contributed by atoms with Crippen LogP contribution in [0.25, 0.3) is 0 Å². The summed E-state index contributed by atoms with van der Waals surface area (Å²) in [5.41, 5.74) is 1.17. The van der Waals surface area contributed by atoms with Crippen molar-refractivity contribution in [2.45, 2.75) is 18.4 Å². The van der Waals surface area contributed by atoms with Crippen LogP contribution in [-0.2, 0) is 10.3 Å². The van der Waals surface area contributed by atoms with Crippen molar-refractivity contribution in [2.75, 3.05) is 13.2 Å². The van der Waals surface area contributed by atoms with Gasteiger partial charge in [0, 0.05) is 6.61 Å².